The predicted octanol–water partition coefficient (Wildman–Crippen LogP) is 4.00. The zero-order chi connectivity index (χ0) is 14.7. The molecule has 1 aromatic carbocycles. The molecule has 0 aliphatic heterocycles. The van der Waals surface area contributed by atoms with E-state index in [4.69, 9.17) is 5.26 Å². The van der Waals surface area contributed by atoms with Crippen molar-refractivity contribution in [2.24, 2.45) is 0 Å². The van der Waals surface area contributed by atoms with Gasteiger partial charge in [0.1, 0.15) is 0 Å². The Kier molecular flexibility index (Phi) is 4.04. The van der Waals surface area contributed by atoms with Crippen molar-refractivity contribution in [1.29, 1.82) is 5.26 Å². The minimum atomic E-state index is -0.173. The zero-order valence-electron chi connectivity index (χ0n) is 11.3. The van der Waals surface area contributed by atoms with Crippen LogP contribution in [0.15, 0.2) is 53.0 Å². The minimum Gasteiger partial charge on any atom is -0.269 e. The van der Waals surface area contributed by atoms with E-state index in [0.29, 0.717) is 0 Å². The highest BCUT2D eigenvalue weighted by Crippen LogP contribution is 2.31. The molecule has 0 radical (unpaired) electrons. The van der Waals surface area contributed by atoms with Crippen LogP contribution in [-0.2, 0) is 0 Å². The molecule has 0 fully saturated rings. The Morgan fingerprint density at radius 2 is 2.00 bits per heavy atom. The first-order chi connectivity index (χ1) is 10.3. The third-order valence-corrected chi connectivity index (χ3v) is 4.65. The fourth-order valence-corrected chi connectivity index (χ4v) is 3.36. The highest BCUT2D eigenvalue weighted by atomic mass is 32.2. The predicted molar refractivity (Wildman–Crippen MR) is 85.6 cm³/mol. The van der Waals surface area contributed by atoms with Crippen molar-refractivity contribution in [2.75, 3.05) is 0 Å². The van der Waals surface area contributed by atoms with Crippen molar-refractivity contribution in [3.05, 3.63) is 47.8 Å². The second kappa shape index (κ2) is 6.12. The van der Waals surface area contributed by atoms with Crippen molar-refractivity contribution < 1.29 is 0 Å². The fraction of sp³-hybridized carbons (Fsp3) is 0.133. The molecule has 104 valence electrons. The van der Waals surface area contributed by atoms with Gasteiger partial charge >= 0.3 is 0 Å². The van der Waals surface area contributed by atoms with Crippen molar-refractivity contribution in [3.63, 3.8) is 0 Å². The second-order valence-corrected chi connectivity index (χ2v) is 6.60. The van der Waals surface area contributed by atoms with Gasteiger partial charge in [-0.1, -0.05) is 36.0 Å². The van der Waals surface area contributed by atoms with E-state index in [1.165, 1.54) is 11.8 Å². The number of nitriles is 1. The lowest BCUT2D eigenvalue weighted by molar-refractivity contribution is 0.884. The van der Waals surface area contributed by atoms with Crippen LogP contribution in [0.25, 0.3) is 16.4 Å². The van der Waals surface area contributed by atoms with Gasteiger partial charge in [-0.05, 0) is 30.5 Å². The quantitative estimate of drug-likeness (QED) is 0.683. The first-order valence-corrected chi connectivity index (χ1v) is 8.16. The van der Waals surface area contributed by atoms with Gasteiger partial charge in [0.2, 0.25) is 0 Å². The largest absolute Gasteiger partial charge is 0.269 e. The number of hydrogen-bond donors (Lipinski definition) is 0. The van der Waals surface area contributed by atoms with Crippen molar-refractivity contribution >= 4 is 23.1 Å². The molecule has 0 aliphatic rings. The van der Waals surface area contributed by atoms with Crippen LogP contribution in [0.4, 0.5) is 0 Å². The number of thioether (sulfide) groups is 1. The molecule has 3 rings (SSSR count). The summed E-state index contributed by atoms with van der Waals surface area (Å²) in [7, 11) is 0. The van der Waals surface area contributed by atoms with Crippen LogP contribution < -0.4 is 0 Å². The topological polar surface area (TPSA) is 54.5 Å². The van der Waals surface area contributed by atoms with Gasteiger partial charge in [0.15, 0.2) is 11.0 Å². The summed E-state index contributed by atoms with van der Waals surface area (Å²) >= 11 is 3.04. The molecule has 21 heavy (non-hydrogen) atoms. The lowest BCUT2D eigenvalue weighted by Gasteiger charge is -2.09. The van der Waals surface area contributed by atoms with Crippen molar-refractivity contribution in [2.45, 2.75) is 17.3 Å². The molecule has 0 aliphatic carbocycles. The first kappa shape index (κ1) is 13.9. The number of thiophene rings is 1. The van der Waals surface area contributed by atoms with Crippen LogP contribution >= 0.6 is 23.1 Å². The Hall–Kier alpha value is -2.10. The molecule has 2 heterocycles. The molecular weight excluding hydrogens is 300 g/mol. The summed E-state index contributed by atoms with van der Waals surface area (Å²) in [4.78, 5) is 1.06. The molecule has 1 unspecified atom stereocenters. The van der Waals surface area contributed by atoms with Crippen LogP contribution in [0.5, 0.6) is 0 Å². The fourth-order valence-electron chi connectivity index (χ4n) is 1.91. The molecule has 0 N–H and O–H groups in total. The molecule has 2 aromatic heterocycles. The van der Waals surface area contributed by atoms with E-state index in [1.807, 2.05) is 59.3 Å². The van der Waals surface area contributed by atoms with E-state index in [9.17, 15) is 0 Å². The highest BCUT2D eigenvalue weighted by Gasteiger charge is 2.18. The van der Waals surface area contributed by atoms with Crippen molar-refractivity contribution in [1.82, 2.24) is 14.8 Å². The highest BCUT2D eigenvalue weighted by molar-refractivity contribution is 8.00. The van der Waals surface area contributed by atoms with Crippen molar-refractivity contribution in [3.8, 4) is 22.5 Å². The summed E-state index contributed by atoms with van der Waals surface area (Å²) in [6.07, 6.45) is 0. The average Bonchev–Trinajstić information content (AvgIpc) is 3.17. The van der Waals surface area contributed by atoms with E-state index in [1.54, 1.807) is 11.3 Å². The molecule has 1 atom stereocenters. The SMILES string of the molecule is CC(C#N)Sc1nnc(-c2cccs2)n1-c1ccccc1. The van der Waals surface area contributed by atoms with Gasteiger partial charge in [0.25, 0.3) is 0 Å². The van der Waals surface area contributed by atoms with E-state index in [2.05, 4.69) is 16.3 Å². The average molecular weight is 312 g/mol. The van der Waals surface area contributed by atoms with Crippen LogP contribution in [0.1, 0.15) is 6.92 Å². The van der Waals surface area contributed by atoms with Gasteiger partial charge in [-0.25, -0.2) is 0 Å². The number of aromatic nitrogens is 3. The first-order valence-electron chi connectivity index (χ1n) is 6.40. The van der Waals surface area contributed by atoms with Gasteiger partial charge in [-0.2, -0.15) is 5.26 Å². The summed E-state index contributed by atoms with van der Waals surface area (Å²) < 4.78 is 2.00. The third kappa shape index (κ3) is 2.84. The summed E-state index contributed by atoms with van der Waals surface area (Å²) in [6.45, 7) is 1.86. The molecule has 0 bridgehead atoms. The van der Waals surface area contributed by atoms with Gasteiger partial charge in [-0.3, -0.25) is 4.57 Å². The minimum absolute atomic E-state index is 0.173. The molecule has 3 aromatic rings. The van der Waals surface area contributed by atoms with E-state index < -0.39 is 0 Å². The van der Waals surface area contributed by atoms with E-state index in [0.717, 1.165) is 21.5 Å². The Morgan fingerprint density at radius 1 is 1.19 bits per heavy atom. The Bertz CT molecular complexity index is 757. The Labute approximate surface area is 131 Å². The van der Waals surface area contributed by atoms with Crippen LogP contribution in [-0.4, -0.2) is 20.0 Å². The molecule has 6 heteroatoms. The second-order valence-electron chi connectivity index (χ2n) is 4.34. The maximum Gasteiger partial charge on any atom is 0.197 e. The maximum absolute atomic E-state index is 9.02. The standard InChI is InChI=1S/C15H12N4S2/c1-11(10-16)21-15-18-17-14(13-8-5-9-20-13)19(15)12-6-3-2-4-7-12/h2-9,11H,1H3. The lowest BCUT2D eigenvalue weighted by atomic mass is 10.3. The molecule has 0 amide bonds. The van der Waals surface area contributed by atoms with Gasteiger partial charge in [0, 0.05) is 5.69 Å². The third-order valence-electron chi connectivity index (χ3n) is 2.85. The summed E-state index contributed by atoms with van der Waals surface area (Å²) in [5.74, 6) is 0.809. The van der Waals surface area contributed by atoms with Gasteiger partial charge in [0.05, 0.1) is 16.2 Å². The molecule has 4 nitrogen and oxygen atoms in total. The number of nitrogens with zero attached hydrogens (tertiary/aromatic N) is 4. The van der Waals surface area contributed by atoms with Crippen LogP contribution in [0.2, 0.25) is 0 Å². The maximum atomic E-state index is 9.02. The summed E-state index contributed by atoms with van der Waals surface area (Å²) in [6, 6.07) is 16.2. The summed E-state index contributed by atoms with van der Waals surface area (Å²) in [5, 5.41) is 20.2. The van der Waals surface area contributed by atoms with Gasteiger partial charge < -0.3 is 0 Å². The molecule has 0 saturated carbocycles. The number of hydrogen-bond acceptors (Lipinski definition) is 5. The van der Waals surface area contributed by atoms with E-state index in [-0.39, 0.29) is 5.25 Å². The monoisotopic (exact) mass is 312 g/mol. The molecule has 0 saturated heterocycles. The Morgan fingerprint density at radius 3 is 2.67 bits per heavy atom. The van der Waals surface area contributed by atoms with Gasteiger partial charge in [-0.15, -0.1) is 21.5 Å². The van der Waals surface area contributed by atoms with Crippen LogP contribution in [0.3, 0.4) is 0 Å². The normalized spacial score (nSPS) is 12.0. The number of benzene rings is 1. The summed E-state index contributed by atoms with van der Waals surface area (Å²) in [5.41, 5.74) is 0.999. The number of para-hydroxylation sites is 1. The Balaban J connectivity index is 2.13. The molecule has 0 spiro atoms. The number of rotatable bonds is 4. The van der Waals surface area contributed by atoms with E-state index >= 15 is 0 Å². The smallest absolute Gasteiger partial charge is 0.197 e. The van der Waals surface area contributed by atoms with Crippen LogP contribution in [0, 0.1) is 11.3 Å². The zero-order valence-corrected chi connectivity index (χ0v) is 12.9. The lowest BCUT2D eigenvalue weighted by Crippen LogP contribution is -2.01. The molecular formula is C15H12N4S2.